The summed E-state index contributed by atoms with van der Waals surface area (Å²) >= 11 is 0. The van der Waals surface area contributed by atoms with E-state index in [1.54, 1.807) is 47.0 Å². The number of amides is 5. The number of hydrogen-bond donors (Lipinski definition) is 7. The van der Waals surface area contributed by atoms with Crippen LogP contribution in [0.15, 0.2) is 66.0 Å². The van der Waals surface area contributed by atoms with Crippen molar-refractivity contribution in [3.05, 3.63) is 82.5 Å². The van der Waals surface area contributed by atoms with Crippen molar-refractivity contribution >= 4 is 57.3 Å². The first kappa shape index (κ1) is 44.5. The van der Waals surface area contributed by atoms with E-state index in [0.717, 1.165) is 27.4 Å². The van der Waals surface area contributed by atoms with E-state index in [9.17, 15) is 28.8 Å². The van der Waals surface area contributed by atoms with Crippen molar-refractivity contribution < 1.29 is 33.5 Å². The molecule has 0 radical (unpaired) electrons. The fraction of sp³-hybridized carbons (Fsp3) is 0.463. The van der Waals surface area contributed by atoms with E-state index in [0.29, 0.717) is 5.56 Å². The predicted molar refractivity (Wildman–Crippen MR) is 219 cm³/mol. The number of benzene rings is 2. The second-order valence-electron chi connectivity index (χ2n) is 16.1. The number of H-pyrrole nitrogens is 2. The lowest BCUT2D eigenvalue weighted by Gasteiger charge is -2.28. The molecule has 0 spiro atoms. The van der Waals surface area contributed by atoms with Crippen LogP contribution >= 0.6 is 0 Å². The quantitative estimate of drug-likeness (QED) is 0.0334. The summed E-state index contributed by atoms with van der Waals surface area (Å²) in [6, 6.07) is 8.58. The zero-order valence-corrected chi connectivity index (χ0v) is 33.9. The molecule has 5 atom stereocenters. The number of nitrogens with zero attached hydrogens (tertiary/aromatic N) is 3. The number of esters is 1. The van der Waals surface area contributed by atoms with E-state index < -0.39 is 83.7 Å². The summed E-state index contributed by atoms with van der Waals surface area (Å²) in [6.07, 6.45) is 3.11. The van der Waals surface area contributed by atoms with Gasteiger partial charge in [0.05, 0.1) is 18.5 Å². The molecule has 0 saturated carbocycles. The first-order valence-electron chi connectivity index (χ1n) is 19.2. The number of nitrogens with one attached hydrogen (secondary N) is 6. The molecule has 8 N–H and O–H groups in total. The molecule has 5 amide bonds. The maximum absolute atomic E-state index is 14.3. The molecule has 2 aromatic heterocycles. The van der Waals surface area contributed by atoms with Crippen LogP contribution in [-0.2, 0) is 46.3 Å². The van der Waals surface area contributed by atoms with Crippen LogP contribution in [0.1, 0.15) is 72.4 Å². The van der Waals surface area contributed by atoms with Crippen LogP contribution in [0.2, 0.25) is 0 Å². The summed E-state index contributed by atoms with van der Waals surface area (Å²) in [5.74, 6) is -5.25. The molecule has 17 nitrogen and oxygen atoms in total. The molecular formula is C41H54N10O7. The lowest BCUT2D eigenvalue weighted by molar-refractivity contribution is -0.156. The number of hydrogen-bond acceptors (Lipinski definition) is 8. The average Bonchev–Trinajstić information content (AvgIpc) is 3.75. The maximum atomic E-state index is 14.3. The minimum atomic E-state index is -1.51. The van der Waals surface area contributed by atoms with Crippen molar-refractivity contribution in [1.82, 2.24) is 31.2 Å². The van der Waals surface area contributed by atoms with Gasteiger partial charge in [0.2, 0.25) is 29.5 Å². The molecule has 0 unspecified atom stereocenters. The van der Waals surface area contributed by atoms with Crippen LogP contribution in [0.3, 0.4) is 0 Å². The number of carbonyl (C=O) groups excluding carboxylic acids is 6. The second-order valence-corrected chi connectivity index (χ2v) is 16.1. The van der Waals surface area contributed by atoms with E-state index >= 15 is 0 Å². The van der Waals surface area contributed by atoms with Crippen molar-refractivity contribution in [2.75, 3.05) is 0 Å². The van der Waals surface area contributed by atoms with Gasteiger partial charge in [-0.1, -0.05) is 64.1 Å². The number of carbonyl (C=O) groups is 6. The molecule has 0 aliphatic carbocycles. The van der Waals surface area contributed by atoms with E-state index in [4.69, 9.17) is 16.0 Å². The van der Waals surface area contributed by atoms with Gasteiger partial charge in [-0.2, -0.15) is 0 Å². The van der Waals surface area contributed by atoms with Crippen LogP contribution < -0.4 is 27.0 Å². The first-order chi connectivity index (χ1) is 27.4. The number of para-hydroxylation sites is 2. The molecule has 0 aliphatic heterocycles. The van der Waals surface area contributed by atoms with Gasteiger partial charge in [-0.05, 0) is 79.4 Å². The van der Waals surface area contributed by atoms with Crippen molar-refractivity contribution in [2.45, 2.75) is 110 Å². The molecule has 4 rings (SSSR count). The third-order valence-electron chi connectivity index (χ3n) is 9.32. The highest BCUT2D eigenvalue weighted by molar-refractivity contribution is 5.98. The van der Waals surface area contributed by atoms with Gasteiger partial charge in [-0.25, -0.2) is 0 Å². The van der Waals surface area contributed by atoms with Crippen LogP contribution in [0.5, 0.6) is 0 Å². The Balaban J connectivity index is 1.62. The molecule has 2 aromatic carbocycles. The van der Waals surface area contributed by atoms with Gasteiger partial charge < -0.3 is 41.7 Å². The fourth-order valence-electron chi connectivity index (χ4n) is 6.53. The van der Waals surface area contributed by atoms with Gasteiger partial charge in [0.1, 0.15) is 23.7 Å². The Morgan fingerprint density at radius 2 is 1.26 bits per heavy atom. The summed E-state index contributed by atoms with van der Waals surface area (Å²) in [5, 5.41) is 15.5. The molecule has 0 saturated heterocycles. The van der Waals surface area contributed by atoms with Crippen LogP contribution in [-0.4, -0.2) is 81.3 Å². The molecule has 0 aliphatic rings. The number of azide groups is 1. The third-order valence-corrected chi connectivity index (χ3v) is 9.32. The van der Waals surface area contributed by atoms with Gasteiger partial charge in [-0.3, -0.25) is 28.8 Å². The zero-order chi connectivity index (χ0) is 42.7. The lowest BCUT2D eigenvalue weighted by atomic mass is 9.98. The van der Waals surface area contributed by atoms with Crippen molar-refractivity contribution in [1.29, 1.82) is 0 Å². The minimum absolute atomic E-state index is 0.0526. The Hall–Kier alpha value is -6.19. The molecule has 17 heteroatoms. The van der Waals surface area contributed by atoms with Crippen LogP contribution in [0.4, 0.5) is 0 Å². The number of rotatable bonds is 18. The van der Waals surface area contributed by atoms with Crippen molar-refractivity contribution in [3.63, 3.8) is 0 Å². The maximum Gasteiger partial charge on any atom is 0.308 e. The Morgan fingerprint density at radius 3 is 1.79 bits per heavy atom. The average molecular weight is 799 g/mol. The highest BCUT2D eigenvalue weighted by atomic mass is 16.6. The van der Waals surface area contributed by atoms with Gasteiger partial charge in [0, 0.05) is 45.5 Å². The highest BCUT2D eigenvalue weighted by Gasteiger charge is 2.35. The van der Waals surface area contributed by atoms with E-state index in [2.05, 4.69) is 41.3 Å². The Kier molecular flexibility index (Phi) is 15.2. The summed E-state index contributed by atoms with van der Waals surface area (Å²) in [7, 11) is 0. The van der Waals surface area contributed by atoms with E-state index in [-0.39, 0.29) is 25.2 Å². The second kappa shape index (κ2) is 19.8. The molecule has 0 bridgehead atoms. The normalized spacial score (nSPS) is 14.2. The SMILES string of the molecule is CC(C)C[C@H](NC(=O)[C@H](NC(=O)[C@H](Cc1c[nH]c2ccccc12)NC(=O)[C@@H](CC(=O)OC(C)(C)C)NC(=O)[C@H](N)Cc1c[nH]c2ccccc12)C(C)C)C(=O)N=[N+]=[N-]. The van der Waals surface area contributed by atoms with Gasteiger partial charge in [0.25, 0.3) is 0 Å². The Labute approximate surface area is 336 Å². The first-order valence-corrected chi connectivity index (χ1v) is 19.2. The number of aromatic amines is 2. The Morgan fingerprint density at radius 1 is 0.741 bits per heavy atom. The predicted octanol–water partition coefficient (Wildman–Crippen LogP) is 3.97. The largest absolute Gasteiger partial charge is 0.460 e. The van der Waals surface area contributed by atoms with Crippen LogP contribution in [0.25, 0.3) is 32.2 Å². The molecule has 310 valence electrons. The molecule has 4 aromatic rings. The summed E-state index contributed by atoms with van der Waals surface area (Å²) in [5.41, 5.74) is 17.4. The Bertz CT molecular complexity index is 2160. The summed E-state index contributed by atoms with van der Waals surface area (Å²) in [4.78, 5) is 90.3. The van der Waals surface area contributed by atoms with Gasteiger partial charge in [0.15, 0.2) is 0 Å². The molecule has 58 heavy (non-hydrogen) atoms. The minimum Gasteiger partial charge on any atom is -0.460 e. The van der Waals surface area contributed by atoms with Gasteiger partial charge >= 0.3 is 5.97 Å². The smallest absolute Gasteiger partial charge is 0.308 e. The molecule has 0 fully saturated rings. The van der Waals surface area contributed by atoms with Crippen LogP contribution in [0, 0.1) is 11.8 Å². The zero-order valence-electron chi connectivity index (χ0n) is 33.9. The summed E-state index contributed by atoms with van der Waals surface area (Å²) < 4.78 is 5.49. The standard InChI is InChI=1S/C41H54N10O7/c1-22(2)16-31(39(56)50-51-43)48-40(57)35(23(3)4)49-38(55)32(18-25-21-45-30-15-11-9-13-27(25)30)47-37(54)33(19-34(52)58-41(5,6)7)46-36(53)28(42)17-24-20-44-29-14-10-8-12-26(24)29/h8-15,20-23,28,31-33,35,44-45H,16-19,42H2,1-7H3,(H,46,53)(H,47,54)(H,48,57)(H,49,55)/t28-,31+,32+,33-,35-/m1/s1. The molecule has 2 heterocycles. The number of nitrogens with two attached hydrogens (primary N) is 1. The topological polar surface area (TPSA) is 266 Å². The fourth-order valence-corrected chi connectivity index (χ4v) is 6.53. The van der Waals surface area contributed by atoms with E-state index in [1.165, 1.54) is 0 Å². The highest BCUT2D eigenvalue weighted by Crippen LogP contribution is 2.21. The van der Waals surface area contributed by atoms with E-state index in [1.807, 2.05) is 62.4 Å². The number of ether oxygens (including phenoxy) is 1. The van der Waals surface area contributed by atoms with Crippen molar-refractivity contribution in [3.8, 4) is 0 Å². The monoisotopic (exact) mass is 798 g/mol. The number of fused-ring (bicyclic) bond motifs is 2. The summed E-state index contributed by atoms with van der Waals surface area (Å²) in [6.45, 7) is 12.0. The lowest BCUT2D eigenvalue weighted by Crippen LogP contribution is -2.60. The van der Waals surface area contributed by atoms with Crippen molar-refractivity contribution in [2.24, 2.45) is 22.7 Å². The third kappa shape index (κ3) is 12.4. The number of aromatic nitrogens is 2. The molecular weight excluding hydrogens is 745 g/mol. The van der Waals surface area contributed by atoms with Gasteiger partial charge in [-0.15, -0.1) is 0 Å².